The highest BCUT2D eigenvalue weighted by atomic mass is 14.9. The fourth-order valence-electron chi connectivity index (χ4n) is 7.20. The predicted octanol–water partition coefficient (Wildman–Crippen LogP) is 3.93. The highest BCUT2D eigenvalue weighted by Crippen LogP contribution is 2.52. The van der Waals surface area contributed by atoms with E-state index in [2.05, 4.69) is 10.6 Å². The fourth-order valence-corrected chi connectivity index (χ4v) is 7.20. The maximum absolute atomic E-state index is 5.56. The molecule has 4 bridgehead atoms. The molecule has 0 heterocycles. The average Bonchev–Trinajstić information content (AvgIpc) is 3.42. The summed E-state index contributed by atoms with van der Waals surface area (Å²) in [5, 5.41) is 7.55. The van der Waals surface area contributed by atoms with Crippen LogP contribution in [0.15, 0.2) is 0 Å². The largest absolute Gasteiger partial charge is 0.330 e. The quantitative estimate of drug-likeness (QED) is 0.462. The average molecular weight is 362 g/mol. The van der Waals surface area contributed by atoms with Crippen LogP contribution < -0.4 is 16.4 Å². The molecule has 4 aliphatic carbocycles. The zero-order valence-corrected chi connectivity index (χ0v) is 16.9. The van der Waals surface area contributed by atoms with Crippen LogP contribution in [-0.2, 0) is 0 Å². The molecule has 0 aromatic carbocycles. The van der Waals surface area contributed by atoms with E-state index in [9.17, 15) is 0 Å². The van der Waals surface area contributed by atoms with Crippen LogP contribution in [-0.4, -0.2) is 32.2 Å². The Morgan fingerprint density at radius 3 is 1.85 bits per heavy atom. The molecule has 4 fully saturated rings. The van der Waals surface area contributed by atoms with Crippen molar-refractivity contribution >= 4 is 0 Å². The standard InChI is InChI=1S/C23H43N3/c24-7-1-8-25-9-2-10-26-23(15-21-13-17-3-5-19(21)11-17)16-22-14-18-4-6-20(22)12-18/h17-23,25-26H,1-16,24H2. The number of hydrogen-bond acceptors (Lipinski definition) is 3. The summed E-state index contributed by atoms with van der Waals surface area (Å²) in [5.41, 5.74) is 5.56. The van der Waals surface area contributed by atoms with E-state index in [1.165, 1.54) is 25.8 Å². The van der Waals surface area contributed by atoms with E-state index >= 15 is 0 Å². The third-order valence-electron chi connectivity index (χ3n) is 8.46. The van der Waals surface area contributed by atoms with Gasteiger partial charge in [0.25, 0.3) is 0 Å². The molecule has 0 aromatic rings. The van der Waals surface area contributed by atoms with Crippen molar-refractivity contribution in [2.45, 2.75) is 83.1 Å². The molecule has 3 nitrogen and oxygen atoms in total. The molecule has 0 radical (unpaired) electrons. The van der Waals surface area contributed by atoms with Gasteiger partial charge in [-0.3, -0.25) is 0 Å². The highest BCUT2D eigenvalue weighted by Gasteiger charge is 2.43. The molecule has 4 N–H and O–H groups in total. The summed E-state index contributed by atoms with van der Waals surface area (Å²) in [6.07, 6.45) is 17.7. The van der Waals surface area contributed by atoms with Gasteiger partial charge in [0.1, 0.15) is 0 Å². The van der Waals surface area contributed by atoms with Crippen LogP contribution in [0.25, 0.3) is 0 Å². The van der Waals surface area contributed by atoms with Gasteiger partial charge in [-0.2, -0.15) is 0 Å². The normalized spacial score (nSPS) is 39.1. The topological polar surface area (TPSA) is 50.1 Å². The fraction of sp³-hybridized carbons (Fsp3) is 1.00. The molecule has 0 aliphatic heterocycles. The van der Waals surface area contributed by atoms with Gasteiger partial charge in [-0.1, -0.05) is 12.8 Å². The van der Waals surface area contributed by atoms with Crippen LogP contribution >= 0.6 is 0 Å². The van der Waals surface area contributed by atoms with Crippen molar-refractivity contribution in [3.8, 4) is 0 Å². The first-order valence-corrected chi connectivity index (χ1v) is 12.0. The Balaban J connectivity index is 1.21. The van der Waals surface area contributed by atoms with Crippen LogP contribution in [0, 0.1) is 35.5 Å². The Morgan fingerprint density at radius 2 is 1.35 bits per heavy atom. The van der Waals surface area contributed by atoms with E-state index in [0.717, 1.165) is 67.6 Å². The lowest BCUT2D eigenvalue weighted by atomic mass is 9.79. The van der Waals surface area contributed by atoms with Crippen LogP contribution in [0.2, 0.25) is 0 Å². The summed E-state index contributed by atoms with van der Waals surface area (Å²) in [6, 6.07) is 0.799. The summed E-state index contributed by atoms with van der Waals surface area (Å²) in [6.45, 7) is 4.22. The number of rotatable bonds is 12. The smallest absolute Gasteiger partial charge is 0.00725 e. The maximum Gasteiger partial charge on any atom is 0.00725 e. The van der Waals surface area contributed by atoms with Crippen LogP contribution in [0.1, 0.15) is 77.0 Å². The Hall–Kier alpha value is -0.120. The van der Waals surface area contributed by atoms with Gasteiger partial charge in [-0.25, -0.2) is 0 Å². The first-order chi connectivity index (χ1) is 12.8. The minimum absolute atomic E-state index is 0.799. The Bertz CT molecular complexity index is 396. The third kappa shape index (κ3) is 4.83. The Morgan fingerprint density at radius 1 is 0.731 bits per heavy atom. The van der Waals surface area contributed by atoms with E-state index in [0.29, 0.717) is 0 Å². The lowest BCUT2D eigenvalue weighted by Crippen LogP contribution is -2.36. The van der Waals surface area contributed by atoms with Gasteiger partial charge in [0.15, 0.2) is 0 Å². The van der Waals surface area contributed by atoms with Gasteiger partial charge < -0.3 is 16.4 Å². The van der Waals surface area contributed by atoms with Crippen LogP contribution in [0.3, 0.4) is 0 Å². The molecule has 0 amide bonds. The monoisotopic (exact) mass is 361 g/mol. The van der Waals surface area contributed by atoms with Crippen LogP contribution in [0.4, 0.5) is 0 Å². The SMILES string of the molecule is NCCCNCCCNC(CC1CC2CCC1C2)CC1CC2CCC1C2. The molecule has 4 rings (SSSR count). The van der Waals surface area contributed by atoms with Gasteiger partial charge in [0.2, 0.25) is 0 Å². The lowest BCUT2D eigenvalue weighted by Gasteiger charge is -2.31. The third-order valence-corrected chi connectivity index (χ3v) is 8.46. The summed E-state index contributed by atoms with van der Waals surface area (Å²) in [5.74, 6) is 6.46. The van der Waals surface area contributed by atoms with Crippen molar-refractivity contribution in [3.05, 3.63) is 0 Å². The van der Waals surface area contributed by atoms with Crippen LogP contribution in [0.5, 0.6) is 0 Å². The minimum Gasteiger partial charge on any atom is -0.330 e. The van der Waals surface area contributed by atoms with Crippen molar-refractivity contribution in [2.75, 3.05) is 26.2 Å². The van der Waals surface area contributed by atoms with E-state index in [1.807, 2.05) is 0 Å². The summed E-state index contributed by atoms with van der Waals surface area (Å²) in [4.78, 5) is 0. The van der Waals surface area contributed by atoms with Gasteiger partial charge in [0.05, 0.1) is 0 Å². The first-order valence-electron chi connectivity index (χ1n) is 12.0. The zero-order valence-electron chi connectivity index (χ0n) is 16.9. The molecule has 150 valence electrons. The second-order valence-electron chi connectivity index (χ2n) is 10.2. The molecular weight excluding hydrogens is 318 g/mol. The maximum atomic E-state index is 5.56. The van der Waals surface area contributed by atoms with Crippen molar-refractivity contribution in [1.82, 2.24) is 10.6 Å². The predicted molar refractivity (Wildman–Crippen MR) is 110 cm³/mol. The summed E-state index contributed by atoms with van der Waals surface area (Å²) >= 11 is 0. The molecule has 0 aromatic heterocycles. The molecule has 26 heavy (non-hydrogen) atoms. The van der Waals surface area contributed by atoms with E-state index in [1.54, 1.807) is 51.4 Å². The zero-order chi connectivity index (χ0) is 17.8. The molecule has 6 atom stereocenters. The molecule has 0 saturated heterocycles. The number of hydrogen-bond donors (Lipinski definition) is 3. The second kappa shape index (κ2) is 9.39. The molecule has 6 unspecified atom stereocenters. The molecule has 3 heteroatoms. The molecular formula is C23H43N3. The summed E-state index contributed by atoms with van der Waals surface area (Å²) in [7, 11) is 0. The van der Waals surface area contributed by atoms with Crippen molar-refractivity contribution in [1.29, 1.82) is 0 Å². The van der Waals surface area contributed by atoms with Gasteiger partial charge in [-0.15, -0.1) is 0 Å². The van der Waals surface area contributed by atoms with Crippen molar-refractivity contribution < 1.29 is 0 Å². The second-order valence-corrected chi connectivity index (χ2v) is 10.2. The Kier molecular flexibility index (Phi) is 6.93. The van der Waals surface area contributed by atoms with Gasteiger partial charge >= 0.3 is 0 Å². The summed E-state index contributed by atoms with van der Waals surface area (Å²) < 4.78 is 0. The molecule has 4 aliphatic rings. The van der Waals surface area contributed by atoms with E-state index in [4.69, 9.17) is 5.73 Å². The van der Waals surface area contributed by atoms with Crippen molar-refractivity contribution in [2.24, 2.45) is 41.2 Å². The first kappa shape index (κ1) is 19.2. The molecule has 4 saturated carbocycles. The minimum atomic E-state index is 0.799. The van der Waals surface area contributed by atoms with E-state index < -0.39 is 0 Å². The lowest BCUT2D eigenvalue weighted by molar-refractivity contribution is 0.226. The molecule has 0 spiro atoms. The number of fused-ring (bicyclic) bond motifs is 4. The van der Waals surface area contributed by atoms with Crippen molar-refractivity contribution in [3.63, 3.8) is 0 Å². The highest BCUT2D eigenvalue weighted by molar-refractivity contribution is 4.95. The number of nitrogens with one attached hydrogen (secondary N) is 2. The van der Waals surface area contributed by atoms with Gasteiger partial charge in [-0.05, 0) is 126 Å². The van der Waals surface area contributed by atoms with E-state index in [-0.39, 0.29) is 0 Å². The Labute approximate surface area is 161 Å². The number of nitrogens with two attached hydrogens (primary N) is 1. The van der Waals surface area contributed by atoms with Gasteiger partial charge in [0, 0.05) is 6.04 Å².